The minimum Gasteiger partial charge on any atom is -0.379 e. The second kappa shape index (κ2) is 5.66. The van der Waals surface area contributed by atoms with Crippen molar-refractivity contribution in [1.29, 1.82) is 0 Å². The van der Waals surface area contributed by atoms with Crippen molar-refractivity contribution < 1.29 is 0 Å². The molecular weight excluding hydrogens is 272 g/mol. The normalized spacial score (nSPS) is 12.8. The molecule has 2 aromatic heterocycles. The lowest BCUT2D eigenvalue weighted by Crippen LogP contribution is -2.18. The lowest BCUT2D eigenvalue weighted by molar-refractivity contribution is 0.585. The van der Waals surface area contributed by atoms with Crippen LogP contribution in [0.15, 0.2) is 40.2 Å². The predicted octanol–water partition coefficient (Wildman–Crippen LogP) is 2.04. The van der Waals surface area contributed by atoms with E-state index in [9.17, 15) is 4.79 Å². The molecule has 0 amide bonds. The summed E-state index contributed by atoms with van der Waals surface area (Å²) in [5.74, 6) is 0.534. The highest BCUT2D eigenvalue weighted by molar-refractivity contribution is 8.13. The summed E-state index contributed by atoms with van der Waals surface area (Å²) in [6.45, 7) is 5.96. The molecule has 5 nitrogen and oxygen atoms in total. The molecule has 6 heteroatoms. The maximum absolute atomic E-state index is 11.9. The monoisotopic (exact) mass is 290 g/mol. The summed E-state index contributed by atoms with van der Waals surface area (Å²) in [7, 11) is 0. The summed E-state index contributed by atoms with van der Waals surface area (Å²) >= 11 is 1.39. The number of aromatic nitrogens is 2. The predicted molar refractivity (Wildman–Crippen MR) is 84.1 cm³/mol. The number of pyridine rings is 1. The second-order valence-corrected chi connectivity index (χ2v) is 6.42. The van der Waals surface area contributed by atoms with Gasteiger partial charge in [-0.05, 0) is 32.9 Å². The van der Waals surface area contributed by atoms with E-state index in [2.05, 4.69) is 9.98 Å². The number of rotatable bonds is 2. The zero-order chi connectivity index (χ0) is 14.8. The molecule has 2 N–H and O–H groups in total. The molecule has 2 heterocycles. The van der Waals surface area contributed by atoms with E-state index in [1.54, 1.807) is 12.3 Å². The van der Waals surface area contributed by atoms with Gasteiger partial charge >= 0.3 is 0 Å². The zero-order valence-electron chi connectivity index (χ0n) is 11.8. The third-order valence-electron chi connectivity index (χ3n) is 2.44. The minimum absolute atomic E-state index is 0.0856. The average molecular weight is 290 g/mol. The Morgan fingerprint density at radius 2 is 2.20 bits per heavy atom. The highest BCUT2D eigenvalue weighted by Crippen LogP contribution is 2.14. The van der Waals surface area contributed by atoms with Gasteiger partial charge in [0.05, 0.1) is 11.2 Å². The number of fused-ring (bicyclic) bond motifs is 1. The first-order valence-electron chi connectivity index (χ1n) is 6.31. The third kappa shape index (κ3) is 3.84. The Morgan fingerprint density at radius 1 is 1.45 bits per heavy atom. The lowest BCUT2D eigenvalue weighted by Gasteiger charge is -2.13. The van der Waals surface area contributed by atoms with E-state index in [0.717, 1.165) is 0 Å². The van der Waals surface area contributed by atoms with Gasteiger partial charge in [0.15, 0.2) is 5.17 Å². The fourth-order valence-corrected chi connectivity index (χ4v) is 2.47. The summed E-state index contributed by atoms with van der Waals surface area (Å²) in [5.41, 5.74) is 6.92. The molecule has 0 saturated heterocycles. The Balaban J connectivity index is 2.19. The maximum atomic E-state index is 11.9. The van der Waals surface area contributed by atoms with Crippen molar-refractivity contribution in [2.75, 3.05) is 0 Å². The quantitative estimate of drug-likeness (QED) is 0.678. The molecule has 0 aliphatic carbocycles. The van der Waals surface area contributed by atoms with Crippen LogP contribution in [0.2, 0.25) is 0 Å². The average Bonchev–Trinajstić information content (AvgIpc) is 2.34. The van der Waals surface area contributed by atoms with Crippen LogP contribution in [-0.4, -0.2) is 20.1 Å². The standard InChI is InChI=1S/C14H18N4OS/c1-14(2,3)17-13(15)20-9-10-8-12(19)18-7-5-4-6-11(18)16-10/h4-8H,9H2,1-3H3,(H2,15,17). The number of hydrogen-bond donors (Lipinski definition) is 1. The number of aliphatic imine (C=N–C) groups is 1. The van der Waals surface area contributed by atoms with E-state index < -0.39 is 0 Å². The van der Waals surface area contributed by atoms with Crippen molar-refractivity contribution in [3.05, 3.63) is 46.5 Å². The van der Waals surface area contributed by atoms with Gasteiger partial charge in [-0.15, -0.1) is 0 Å². The number of nitrogens with zero attached hydrogens (tertiary/aromatic N) is 3. The van der Waals surface area contributed by atoms with Crippen molar-refractivity contribution in [3.63, 3.8) is 0 Å². The molecule has 0 spiro atoms. The van der Waals surface area contributed by atoms with Crippen LogP contribution in [0.5, 0.6) is 0 Å². The Hall–Kier alpha value is -1.82. The molecule has 20 heavy (non-hydrogen) atoms. The van der Waals surface area contributed by atoms with Crippen LogP contribution in [0.4, 0.5) is 0 Å². The Morgan fingerprint density at radius 3 is 2.90 bits per heavy atom. The maximum Gasteiger partial charge on any atom is 0.258 e. The van der Waals surface area contributed by atoms with Crippen molar-refractivity contribution >= 4 is 22.6 Å². The van der Waals surface area contributed by atoms with Crippen molar-refractivity contribution in [3.8, 4) is 0 Å². The first-order valence-corrected chi connectivity index (χ1v) is 7.29. The summed E-state index contributed by atoms with van der Waals surface area (Å²) in [6.07, 6.45) is 1.71. The van der Waals surface area contributed by atoms with Gasteiger partial charge < -0.3 is 5.73 Å². The summed E-state index contributed by atoms with van der Waals surface area (Å²) in [4.78, 5) is 20.7. The lowest BCUT2D eigenvalue weighted by atomic mass is 10.1. The van der Waals surface area contributed by atoms with Crippen LogP contribution in [0.3, 0.4) is 0 Å². The number of hydrogen-bond acceptors (Lipinski definition) is 4. The topological polar surface area (TPSA) is 72.8 Å². The van der Waals surface area contributed by atoms with Crippen molar-refractivity contribution in [2.24, 2.45) is 10.7 Å². The van der Waals surface area contributed by atoms with Crippen LogP contribution < -0.4 is 11.3 Å². The number of thioether (sulfide) groups is 1. The van der Waals surface area contributed by atoms with Crippen LogP contribution in [0.1, 0.15) is 26.5 Å². The van der Waals surface area contributed by atoms with Gasteiger partial charge in [-0.25, -0.2) is 4.98 Å². The summed E-state index contributed by atoms with van der Waals surface area (Å²) in [6, 6.07) is 7.00. The molecule has 0 aliphatic rings. The summed E-state index contributed by atoms with van der Waals surface area (Å²) in [5, 5.41) is 0.507. The zero-order valence-corrected chi connectivity index (χ0v) is 12.6. The molecular formula is C14H18N4OS. The fraction of sp³-hybridized carbons (Fsp3) is 0.357. The van der Waals surface area contributed by atoms with Gasteiger partial charge in [-0.3, -0.25) is 14.2 Å². The van der Waals surface area contributed by atoms with Crippen LogP contribution in [0.25, 0.3) is 5.65 Å². The Bertz CT molecular complexity index is 700. The SMILES string of the molecule is CC(C)(C)N=C(N)SCc1cc(=O)n2ccccc2n1. The fourth-order valence-electron chi connectivity index (χ4n) is 1.69. The van der Waals surface area contributed by atoms with E-state index in [0.29, 0.717) is 22.3 Å². The highest BCUT2D eigenvalue weighted by Gasteiger charge is 2.09. The first kappa shape index (κ1) is 14.6. The smallest absolute Gasteiger partial charge is 0.258 e. The Kier molecular flexibility index (Phi) is 4.13. The van der Waals surface area contributed by atoms with Gasteiger partial charge in [-0.1, -0.05) is 17.8 Å². The third-order valence-corrected chi connectivity index (χ3v) is 3.26. The molecule has 0 aliphatic heterocycles. The van der Waals surface area contributed by atoms with E-state index in [1.165, 1.54) is 22.2 Å². The van der Waals surface area contributed by atoms with Crippen LogP contribution >= 0.6 is 11.8 Å². The van der Waals surface area contributed by atoms with E-state index in [4.69, 9.17) is 5.73 Å². The molecule has 2 rings (SSSR count). The van der Waals surface area contributed by atoms with E-state index in [1.807, 2.05) is 32.9 Å². The van der Waals surface area contributed by atoms with Gasteiger partial charge in [0.25, 0.3) is 5.56 Å². The molecule has 0 unspecified atom stereocenters. The van der Waals surface area contributed by atoms with Gasteiger partial charge in [0.2, 0.25) is 0 Å². The highest BCUT2D eigenvalue weighted by atomic mass is 32.2. The Labute approximate surface area is 121 Å². The van der Waals surface area contributed by atoms with Crippen LogP contribution in [0, 0.1) is 0 Å². The molecule has 0 radical (unpaired) electrons. The molecule has 2 aromatic rings. The van der Waals surface area contributed by atoms with Crippen LogP contribution in [-0.2, 0) is 5.75 Å². The van der Waals surface area contributed by atoms with Crippen molar-refractivity contribution in [1.82, 2.24) is 9.38 Å². The molecule has 0 aromatic carbocycles. The van der Waals surface area contributed by atoms with Gasteiger partial charge in [-0.2, -0.15) is 0 Å². The van der Waals surface area contributed by atoms with Crippen molar-refractivity contribution in [2.45, 2.75) is 32.1 Å². The molecule has 0 saturated carbocycles. The number of nitrogens with two attached hydrogens (primary N) is 1. The van der Waals surface area contributed by atoms with Gasteiger partial charge in [0, 0.05) is 18.0 Å². The molecule has 0 fully saturated rings. The molecule has 106 valence electrons. The number of amidine groups is 1. The molecule has 0 atom stereocenters. The van der Waals surface area contributed by atoms with E-state index in [-0.39, 0.29) is 11.1 Å². The summed E-state index contributed by atoms with van der Waals surface area (Å²) < 4.78 is 1.51. The second-order valence-electron chi connectivity index (χ2n) is 5.42. The van der Waals surface area contributed by atoms with Gasteiger partial charge in [0.1, 0.15) is 5.65 Å². The first-order chi connectivity index (χ1) is 9.35. The minimum atomic E-state index is -0.201. The molecule has 0 bridgehead atoms. The van der Waals surface area contributed by atoms with E-state index >= 15 is 0 Å². The largest absolute Gasteiger partial charge is 0.379 e.